The van der Waals surface area contributed by atoms with Crippen molar-refractivity contribution in [2.45, 2.75) is 43.2 Å². The molecule has 0 aliphatic rings. The predicted molar refractivity (Wildman–Crippen MR) is 63.6 cm³/mol. The normalized spacial score (nSPS) is 11.6. The van der Waals surface area contributed by atoms with E-state index in [2.05, 4.69) is 31.2 Å². The Bertz CT molecular complexity index is 165. The number of allylic oxidation sites excluding steroid dienone is 4. The van der Waals surface area contributed by atoms with Crippen molar-refractivity contribution in [2.24, 2.45) is 0 Å². The second-order valence-corrected chi connectivity index (χ2v) is 12.4. The molecule has 0 aromatic rings. The molecule has 0 N–H and O–H groups in total. The molecule has 0 bridgehead atoms. The Morgan fingerprint density at radius 2 is 1.71 bits per heavy atom. The van der Waals surface area contributed by atoms with E-state index < -0.39 is 19.4 Å². The predicted octanol–water partition coefficient (Wildman–Crippen LogP) is 5.41. The van der Waals surface area contributed by atoms with E-state index in [0.717, 1.165) is 10.5 Å². The van der Waals surface area contributed by atoms with Gasteiger partial charge in [0.2, 0.25) is 0 Å². The summed E-state index contributed by atoms with van der Waals surface area (Å²) < 4.78 is 0.940. The molecule has 0 saturated heterocycles. The Kier molecular flexibility index (Phi) is 12.8. The maximum atomic E-state index is 5.77. The molecule has 0 rings (SSSR count). The SMILES string of the molecule is CCCCCC=CCC=C[CH2][Zr]([Cl])[Cl]. The number of hydrogen-bond donors (Lipinski definition) is 0. The summed E-state index contributed by atoms with van der Waals surface area (Å²) in [6.45, 7) is 2.23. The third-order valence-electron chi connectivity index (χ3n) is 1.85. The first-order valence-electron chi connectivity index (χ1n) is 5.24. The van der Waals surface area contributed by atoms with Gasteiger partial charge in [-0.2, -0.15) is 0 Å². The van der Waals surface area contributed by atoms with Crippen LogP contribution in [-0.4, -0.2) is 0 Å². The third kappa shape index (κ3) is 12.9. The molecule has 0 fully saturated rings. The minimum atomic E-state index is -1.89. The Labute approximate surface area is 103 Å². The molecule has 0 spiro atoms. The van der Waals surface area contributed by atoms with E-state index in [0.29, 0.717) is 0 Å². The van der Waals surface area contributed by atoms with Crippen LogP contribution in [0.5, 0.6) is 0 Å². The zero-order valence-corrected chi connectivity index (χ0v) is 12.8. The molecule has 0 aliphatic heterocycles. The molecular weight excluding hydrogens is 294 g/mol. The molecule has 0 amide bonds. The van der Waals surface area contributed by atoms with E-state index in [4.69, 9.17) is 17.0 Å². The average molecular weight is 313 g/mol. The molecule has 14 heavy (non-hydrogen) atoms. The molecule has 0 aliphatic carbocycles. The van der Waals surface area contributed by atoms with Crippen LogP contribution in [0.4, 0.5) is 0 Å². The molecule has 0 aromatic heterocycles. The monoisotopic (exact) mass is 311 g/mol. The number of rotatable bonds is 8. The van der Waals surface area contributed by atoms with Gasteiger partial charge in [0.05, 0.1) is 0 Å². The van der Waals surface area contributed by atoms with Crippen molar-refractivity contribution in [3.05, 3.63) is 24.3 Å². The summed E-state index contributed by atoms with van der Waals surface area (Å²) in [5.41, 5.74) is 0. The zero-order valence-electron chi connectivity index (χ0n) is 8.81. The summed E-state index contributed by atoms with van der Waals surface area (Å²) in [6.07, 6.45) is 15.0. The third-order valence-corrected chi connectivity index (χ3v) is 5.02. The van der Waals surface area contributed by atoms with Crippen LogP contribution in [0.2, 0.25) is 4.13 Å². The van der Waals surface area contributed by atoms with E-state index in [9.17, 15) is 0 Å². The summed E-state index contributed by atoms with van der Waals surface area (Å²) >= 11 is -1.89. The Balaban J connectivity index is 3.21. The number of halogens is 2. The van der Waals surface area contributed by atoms with Crippen molar-refractivity contribution < 1.29 is 19.4 Å². The van der Waals surface area contributed by atoms with Crippen LogP contribution in [0.1, 0.15) is 39.0 Å². The molecule has 0 saturated carbocycles. The summed E-state index contributed by atoms with van der Waals surface area (Å²) in [4.78, 5) is 0. The molecule has 0 atom stereocenters. The Morgan fingerprint density at radius 1 is 1.00 bits per heavy atom. The van der Waals surface area contributed by atoms with Crippen molar-refractivity contribution in [2.75, 3.05) is 0 Å². The second kappa shape index (κ2) is 12.0. The van der Waals surface area contributed by atoms with Gasteiger partial charge in [-0.15, -0.1) is 0 Å². The van der Waals surface area contributed by atoms with Gasteiger partial charge in [-0.3, -0.25) is 0 Å². The van der Waals surface area contributed by atoms with E-state index >= 15 is 0 Å². The zero-order chi connectivity index (χ0) is 10.6. The first-order chi connectivity index (χ1) is 6.77. The van der Waals surface area contributed by atoms with Crippen molar-refractivity contribution >= 4 is 17.0 Å². The van der Waals surface area contributed by atoms with Gasteiger partial charge < -0.3 is 0 Å². The van der Waals surface area contributed by atoms with Crippen LogP contribution in [-0.2, 0) is 19.4 Å². The van der Waals surface area contributed by atoms with Gasteiger partial charge >= 0.3 is 104 Å². The van der Waals surface area contributed by atoms with E-state index in [1.54, 1.807) is 0 Å². The van der Waals surface area contributed by atoms with Gasteiger partial charge in [0, 0.05) is 0 Å². The van der Waals surface area contributed by atoms with Gasteiger partial charge in [0.25, 0.3) is 0 Å². The van der Waals surface area contributed by atoms with Crippen LogP contribution in [0.25, 0.3) is 0 Å². The fourth-order valence-electron chi connectivity index (χ4n) is 1.07. The molecule has 0 unspecified atom stereocenters. The van der Waals surface area contributed by atoms with Crippen molar-refractivity contribution in [3.63, 3.8) is 0 Å². The van der Waals surface area contributed by atoms with Gasteiger partial charge in [0.15, 0.2) is 0 Å². The van der Waals surface area contributed by atoms with Gasteiger partial charge in [-0.25, -0.2) is 0 Å². The van der Waals surface area contributed by atoms with Crippen LogP contribution in [0.15, 0.2) is 24.3 Å². The van der Waals surface area contributed by atoms with Crippen LogP contribution < -0.4 is 0 Å². The molecule has 0 heterocycles. The first kappa shape index (κ1) is 14.9. The van der Waals surface area contributed by atoms with Crippen LogP contribution in [0.3, 0.4) is 0 Å². The summed E-state index contributed by atoms with van der Waals surface area (Å²) in [5, 5.41) is 0. The minimum absolute atomic E-state index is 0.940. The molecule has 3 heteroatoms. The van der Waals surface area contributed by atoms with E-state index in [-0.39, 0.29) is 0 Å². The summed E-state index contributed by atoms with van der Waals surface area (Å²) in [7, 11) is 11.5. The standard InChI is InChI=1S/C11H19.2ClH.Zr/c1-3-5-7-9-11-10-8-6-4-2;;;/h3,5,9,11H,1,4,6-8,10H2,2H3;2*1H;/q;;;+2/p-2. The quantitative estimate of drug-likeness (QED) is 0.415. The summed E-state index contributed by atoms with van der Waals surface area (Å²) in [6, 6.07) is 0. The van der Waals surface area contributed by atoms with Crippen molar-refractivity contribution in [1.82, 2.24) is 0 Å². The van der Waals surface area contributed by atoms with Gasteiger partial charge in [-0.05, 0) is 0 Å². The second-order valence-electron chi connectivity index (χ2n) is 3.22. The fraction of sp³-hybridized carbons (Fsp3) is 0.636. The summed E-state index contributed by atoms with van der Waals surface area (Å²) in [5.74, 6) is 0. The Morgan fingerprint density at radius 3 is 2.36 bits per heavy atom. The topological polar surface area (TPSA) is 0 Å². The van der Waals surface area contributed by atoms with Gasteiger partial charge in [-0.1, -0.05) is 0 Å². The Hall–Kier alpha value is 0.943. The van der Waals surface area contributed by atoms with Crippen LogP contribution >= 0.6 is 17.0 Å². The average Bonchev–Trinajstić information content (AvgIpc) is 2.15. The van der Waals surface area contributed by atoms with E-state index in [1.165, 1.54) is 25.7 Å². The van der Waals surface area contributed by atoms with Crippen LogP contribution in [0, 0.1) is 0 Å². The maximum absolute atomic E-state index is 5.77. The van der Waals surface area contributed by atoms with Gasteiger partial charge in [0.1, 0.15) is 0 Å². The van der Waals surface area contributed by atoms with E-state index in [1.807, 2.05) is 0 Å². The number of unbranched alkanes of at least 4 members (excludes halogenated alkanes) is 3. The molecule has 81 valence electrons. The van der Waals surface area contributed by atoms with Crippen molar-refractivity contribution in [3.8, 4) is 0 Å². The molecule has 0 nitrogen and oxygen atoms in total. The van der Waals surface area contributed by atoms with Crippen molar-refractivity contribution in [1.29, 1.82) is 0 Å². The first-order valence-corrected chi connectivity index (χ1v) is 13.3. The fourth-order valence-corrected chi connectivity index (χ4v) is 2.98. The number of hydrogen-bond acceptors (Lipinski definition) is 0. The molecule has 0 radical (unpaired) electrons. The molecular formula is C11H19Cl2Zr. The molecule has 0 aromatic carbocycles.